The highest BCUT2D eigenvalue weighted by atomic mass is 15.2. The molecule has 134 valence electrons. The summed E-state index contributed by atoms with van der Waals surface area (Å²) in [6, 6.07) is 17.9. The molecule has 1 N–H and O–H groups in total. The Balaban J connectivity index is 1.39. The van der Waals surface area contributed by atoms with E-state index in [9.17, 15) is 0 Å². The Morgan fingerprint density at radius 2 is 1.84 bits per heavy atom. The molecule has 2 heterocycles. The predicted octanol–water partition coefficient (Wildman–Crippen LogP) is 3.16. The summed E-state index contributed by atoms with van der Waals surface area (Å²) in [6.45, 7) is 6.58. The summed E-state index contributed by atoms with van der Waals surface area (Å²) in [4.78, 5) is 9.30. The van der Waals surface area contributed by atoms with Crippen LogP contribution in [0.5, 0.6) is 0 Å². The molecule has 0 spiro atoms. The zero-order valence-corrected chi connectivity index (χ0v) is 15.4. The average molecular weight is 338 g/mol. The van der Waals surface area contributed by atoms with Gasteiger partial charge < -0.3 is 10.2 Å². The second-order valence-corrected chi connectivity index (χ2v) is 7.08. The van der Waals surface area contributed by atoms with E-state index in [4.69, 9.17) is 0 Å². The lowest BCUT2D eigenvalue weighted by atomic mass is 10.0. The number of benzene rings is 1. The van der Waals surface area contributed by atoms with Gasteiger partial charge in [0.1, 0.15) is 0 Å². The van der Waals surface area contributed by atoms with E-state index < -0.39 is 0 Å². The number of likely N-dealkylation sites (N-methyl/N-ethyl adjacent to an activating group) is 1. The van der Waals surface area contributed by atoms with Gasteiger partial charge in [-0.3, -0.25) is 9.88 Å². The first kappa shape index (κ1) is 17.9. The van der Waals surface area contributed by atoms with E-state index in [-0.39, 0.29) is 0 Å². The van der Waals surface area contributed by atoms with Gasteiger partial charge in [-0.2, -0.15) is 0 Å². The van der Waals surface area contributed by atoms with E-state index >= 15 is 0 Å². The smallest absolute Gasteiger partial charge is 0.0543 e. The summed E-state index contributed by atoms with van der Waals surface area (Å²) in [5.41, 5.74) is 2.45. The molecule has 0 amide bonds. The maximum atomic E-state index is 4.44. The van der Waals surface area contributed by atoms with Crippen molar-refractivity contribution in [2.45, 2.75) is 38.4 Å². The fraction of sp³-hybridized carbons (Fsp3) is 0.476. The van der Waals surface area contributed by atoms with Gasteiger partial charge in [-0.25, -0.2) is 0 Å². The minimum atomic E-state index is 0.481. The fourth-order valence-electron chi connectivity index (χ4n) is 3.41. The lowest BCUT2D eigenvalue weighted by molar-refractivity contribution is 0.188. The van der Waals surface area contributed by atoms with Crippen LogP contribution in [0.4, 0.5) is 5.69 Å². The summed E-state index contributed by atoms with van der Waals surface area (Å²) in [5.74, 6) is 0. The van der Waals surface area contributed by atoms with Gasteiger partial charge in [0.15, 0.2) is 0 Å². The van der Waals surface area contributed by atoms with Crippen LogP contribution < -0.4 is 10.2 Å². The first-order valence-corrected chi connectivity index (χ1v) is 9.36. The number of nitrogens with zero attached hydrogens (tertiary/aromatic N) is 3. The van der Waals surface area contributed by atoms with Crippen LogP contribution in [-0.2, 0) is 6.54 Å². The number of pyridine rings is 1. The summed E-state index contributed by atoms with van der Waals surface area (Å²) >= 11 is 0. The van der Waals surface area contributed by atoms with Crippen LogP contribution in [0.3, 0.4) is 0 Å². The normalized spacial score (nSPS) is 17.4. The van der Waals surface area contributed by atoms with E-state index in [1.165, 1.54) is 24.2 Å². The molecule has 1 aromatic carbocycles. The lowest BCUT2D eigenvalue weighted by Crippen LogP contribution is -2.46. The van der Waals surface area contributed by atoms with Gasteiger partial charge in [0.25, 0.3) is 0 Å². The summed E-state index contributed by atoms with van der Waals surface area (Å²) in [7, 11) is 2.18. The highest BCUT2D eigenvalue weighted by molar-refractivity contribution is 5.45. The largest absolute Gasteiger partial charge is 0.371 e. The Hall–Kier alpha value is -1.91. The van der Waals surface area contributed by atoms with Crippen molar-refractivity contribution in [2.24, 2.45) is 0 Å². The Labute approximate surface area is 151 Å². The van der Waals surface area contributed by atoms with Crippen molar-refractivity contribution in [3.05, 3.63) is 60.4 Å². The van der Waals surface area contributed by atoms with E-state index in [0.717, 1.165) is 26.2 Å². The first-order valence-electron chi connectivity index (χ1n) is 9.36. The van der Waals surface area contributed by atoms with Crippen LogP contribution in [0, 0.1) is 0 Å². The third-order valence-corrected chi connectivity index (χ3v) is 5.23. The van der Waals surface area contributed by atoms with Gasteiger partial charge in [-0.1, -0.05) is 24.3 Å². The van der Waals surface area contributed by atoms with E-state index in [1.807, 2.05) is 12.3 Å². The SMILES string of the molecule is CC(CNC1CCN(Cc2ccccn2)CC1)N(C)c1ccccc1. The van der Waals surface area contributed by atoms with Crippen LogP contribution in [0.15, 0.2) is 54.7 Å². The number of piperidine rings is 1. The molecule has 25 heavy (non-hydrogen) atoms. The molecular formula is C21H30N4. The van der Waals surface area contributed by atoms with Crippen LogP contribution >= 0.6 is 0 Å². The minimum Gasteiger partial charge on any atom is -0.371 e. The quantitative estimate of drug-likeness (QED) is 0.840. The number of hydrogen-bond acceptors (Lipinski definition) is 4. The Morgan fingerprint density at radius 1 is 1.12 bits per heavy atom. The first-order chi connectivity index (χ1) is 12.2. The number of likely N-dealkylation sites (tertiary alicyclic amines) is 1. The molecule has 3 rings (SSSR count). The van der Waals surface area contributed by atoms with Crippen molar-refractivity contribution in [3.8, 4) is 0 Å². The average Bonchev–Trinajstić information content (AvgIpc) is 2.68. The molecule has 4 heteroatoms. The zero-order chi connectivity index (χ0) is 17.5. The molecule has 0 radical (unpaired) electrons. The van der Waals surface area contributed by atoms with Crippen molar-refractivity contribution in [1.82, 2.24) is 15.2 Å². The molecule has 1 fully saturated rings. The van der Waals surface area contributed by atoms with Gasteiger partial charge >= 0.3 is 0 Å². The number of para-hydroxylation sites is 1. The van der Waals surface area contributed by atoms with Gasteiger partial charge in [0.2, 0.25) is 0 Å². The van der Waals surface area contributed by atoms with Crippen molar-refractivity contribution in [1.29, 1.82) is 0 Å². The predicted molar refractivity (Wildman–Crippen MR) is 105 cm³/mol. The van der Waals surface area contributed by atoms with Crippen molar-refractivity contribution < 1.29 is 0 Å². The van der Waals surface area contributed by atoms with Gasteiger partial charge in [0, 0.05) is 57.2 Å². The molecule has 1 atom stereocenters. The molecular weight excluding hydrogens is 308 g/mol. The summed E-state index contributed by atoms with van der Waals surface area (Å²) < 4.78 is 0. The molecule has 1 aliphatic rings. The zero-order valence-electron chi connectivity index (χ0n) is 15.4. The third kappa shape index (κ3) is 5.28. The molecule has 1 aromatic heterocycles. The highest BCUT2D eigenvalue weighted by Crippen LogP contribution is 2.15. The van der Waals surface area contributed by atoms with Gasteiger partial charge in [0.05, 0.1) is 5.69 Å². The summed E-state index contributed by atoms with van der Waals surface area (Å²) in [6.07, 6.45) is 4.32. The summed E-state index contributed by atoms with van der Waals surface area (Å²) in [5, 5.41) is 3.77. The topological polar surface area (TPSA) is 31.4 Å². The molecule has 0 bridgehead atoms. The molecule has 0 aliphatic carbocycles. The Morgan fingerprint density at radius 3 is 2.52 bits per heavy atom. The fourth-order valence-corrected chi connectivity index (χ4v) is 3.41. The third-order valence-electron chi connectivity index (χ3n) is 5.23. The molecule has 1 aliphatic heterocycles. The van der Waals surface area contributed by atoms with Crippen LogP contribution in [-0.4, -0.2) is 48.6 Å². The minimum absolute atomic E-state index is 0.481. The van der Waals surface area contributed by atoms with E-state index in [0.29, 0.717) is 12.1 Å². The highest BCUT2D eigenvalue weighted by Gasteiger charge is 2.20. The maximum Gasteiger partial charge on any atom is 0.0543 e. The standard InChI is InChI=1S/C21H30N4/c1-18(24(2)21-9-4-3-5-10-21)16-23-19-11-14-25(15-12-19)17-20-8-6-7-13-22-20/h3-10,13,18-19,23H,11-12,14-17H2,1-2H3. The van der Waals surface area contributed by atoms with E-state index in [1.54, 1.807) is 0 Å². The second kappa shape index (κ2) is 8.97. The monoisotopic (exact) mass is 338 g/mol. The van der Waals surface area contributed by atoms with Crippen molar-refractivity contribution >= 4 is 5.69 Å². The maximum absolute atomic E-state index is 4.44. The number of anilines is 1. The number of hydrogen-bond donors (Lipinski definition) is 1. The molecule has 1 unspecified atom stereocenters. The molecule has 2 aromatic rings. The second-order valence-electron chi connectivity index (χ2n) is 7.08. The lowest BCUT2D eigenvalue weighted by Gasteiger charge is -2.34. The Kier molecular flexibility index (Phi) is 6.42. The Bertz CT molecular complexity index is 608. The van der Waals surface area contributed by atoms with Gasteiger partial charge in [-0.15, -0.1) is 0 Å². The van der Waals surface area contributed by atoms with Gasteiger partial charge in [-0.05, 0) is 44.0 Å². The number of rotatable bonds is 7. The molecule has 4 nitrogen and oxygen atoms in total. The van der Waals surface area contributed by atoms with Crippen LogP contribution in [0.2, 0.25) is 0 Å². The van der Waals surface area contributed by atoms with Crippen molar-refractivity contribution in [3.63, 3.8) is 0 Å². The molecule has 1 saturated heterocycles. The molecule has 0 saturated carbocycles. The van der Waals surface area contributed by atoms with Crippen LogP contribution in [0.1, 0.15) is 25.5 Å². The van der Waals surface area contributed by atoms with Crippen molar-refractivity contribution in [2.75, 3.05) is 31.6 Å². The van der Waals surface area contributed by atoms with E-state index in [2.05, 4.69) is 76.5 Å². The number of aromatic nitrogens is 1. The van der Waals surface area contributed by atoms with Crippen LogP contribution in [0.25, 0.3) is 0 Å². The number of nitrogens with one attached hydrogen (secondary N) is 1.